The van der Waals surface area contributed by atoms with Gasteiger partial charge in [0.15, 0.2) is 0 Å². The topological polar surface area (TPSA) is 46.2 Å². The van der Waals surface area contributed by atoms with Crippen LogP contribution in [0, 0.1) is 18.8 Å². The van der Waals surface area contributed by atoms with Crippen LogP contribution in [0.1, 0.15) is 11.1 Å². The zero-order valence-electron chi connectivity index (χ0n) is 11.7. The Morgan fingerprint density at radius 2 is 1.86 bits per heavy atom. The molecule has 2 aromatic rings. The van der Waals surface area contributed by atoms with E-state index in [0.717, 1.165) is 0 Å². The number of rotatable bonds is 3. The molecule has 0 spiro atoms. The standard InChI is InChI=1S/C16H13Cl2NO2S/c1-12-8-9-14(17)11-16(12)22(20,21)19-10-4-6-13-5-2-3-7-15(13)18/h2-3,5,7-9,11,19H,10H2,1H3. The highest BCUT2D eigenvalue weighted by atomic mass is 35.5. The molecule has 0 fully saturated rings. The summed E-state index contributed by atoms with van der Waals surface area (Å²) in [5, 5.41) is 0.900. The average molecular weight is 354 g/mol. The maximum Gasteiger partial charge on any atom is 0.241 e. The van der Waals surface area contributed by atoms with E-state index >= 15 is 0 Å². The van der Waals surface area contributed by atoms with Crippen LogP contribution in [-0.2, 0) is 10.0 Å². The zero-order chi connectivity index (χ0) is 16.2. The summed E-state index contributed by atoms with van der Waals surface area (Å²) < 4.78 is 26.9. The number of hydrogen-bond donors (Lipinski definition) is 1. The summed E-state index contributed by atoms with van der Waals surface area (Å²) in [5.74, 6) is 5.57. The van der Waals surface area contributed by atoms with Gasteiger partial charge in [-0.15, -0.1) is 0 Å². The molecule has 0 aromatic heterocycles. The Morgan fingerprint density at radius 1 is 1.14 bits per heavy atom. The van der Waals surface area contributed by atoms with Crippen molar-refractivity contribution in [2.45, 2.75) is 11.8 Å². The molecule has 0 saturated heterocycles. The van der Waals surface area contributed by atoms with Crippen molar-refractivity contribution < 1.29 is 8.42 Å². The van der Waals surface area contributed by atoms with E-state index in [-0.39, 0.29) is 11.4 Å². The molecule has 2 rings (SSSR count). The number of nitrogens with one attached hydrogen (secondary N) is 1. The lowest BCUT2D eigenvalue weighted by atomic mass is 10.2. The van der Waals surface area contributed by atoms with Crippen molar-refractivity contribution in [1.29, 1.82) is 0 Å². The molecular formula is C16H13Cl2NO2S. The van der Waals surface area contributed by atoms with Crippen LogP contribution in [0.25, 0.3) is 0 Å². The Morgan fingerprint density at radius 3 is 2.59 bits per heavy atom. The van der Waals surface area contributed by atoms with Crippen molar-refractivity contribution in [3.8, 4) is 11.8 Å². The molecule has 3 nitrogen and oxygen atoms in total. The van der Waals surface area contributed by atoms with Crippen molar-refractivity contribution in [3.05, 3.63) is 63.6 Å². The minimum Gasteiger partial charge on any atom is -0.207 e. The van der Waals surface area contributed by atoms with Crippen LogP contribution in [0.4, 0.5) is 0 Å². The van der Waals surface area contributed by atoms with Crippen molar-refractivity contribution in [2.75, 3.05) is 6.54 Å². The van der Waals surface area contributed by atoms with Crippen molar-refractivity contribution in [1.82, 2.24) is 4.72 Å². The fraction of sp³-hybridized carbons (Fsp3) is 0.125. The molecule has 22 heavy (non-hydrogen) atoms. The van der Waals surface area contributed by atoms with Gasteiger partial charge in [0.05, 0.1) is 16.5 Å². The number of benzene rings is 2. The summed E-state index contributed by atoms with van der Waals surface area (Å²) in [6.45, 7) is 1.69. The van der Waals surface area contributed by atoms with Crippen LogP contribution in [-0.4, -0.2) is 15.0 Å². The highest BCUT2D eigenvalue weighted by Gasteiger charge is 2.16. The molecule has 0 radical (unpaired) electrons. The fourth-order valence-corrected chi connectivity index (χ4v) is 3.39. The van der Waals surface area contributed by atoms with Crippen molar-refractivity contribution in [2.24, 2.45) is 0 Å². The first kappa shape index (κ1) is 16.9. The normalized spacial score (nSPS) is 10.9. The molecule has 114 valence electrons. The number of hydrogen-bond acceptors (Lipinski definition) is 2. The van der Waals surface area contributed by atoms with Crippen LogP contribution < -0.4 is 4.72 Å². The number of sulfonamides is 1. The van der Waals surface area contributed by atoms with Gasteiger partial charge in [-0.25, -0.2) is 8.42 Å². The monoisotopic (exact) mass is 353 g/mol. The third-order valence-corrected chi connectivity index (χ3v) is 5.00. The van der Waals surface area contributed by atoms with E-state index in [1.807, 2.05) is 6.07 Å². The Bertz CT molecular complexity index is 852. The number of aryl methyl sites for hydroxylation is 1. The Hall–Kier alpha value is -1.51. The third-order valence-electron chi connectivity index (χ3n) is 2.89. The second-order valence-electron chi connectivity index (χ2n) is 4.52. The molecule has 0 amide bonds. The molecule has 0 saturated carbocycles. The van der Waals surface area contributed by atoms with E-state index in [1.54, 1.807) is 37.3 Å². The van der Waals surface area contributed by atoms with Crippen LogP contribution in [0.3, 0.4) is 0 Å². The highest BCUT2D eigenvalue weighted by molar-refractivity contribution is 7.89. The molecule has 0 aliphatic heterocycles. The lowest BCUT2D eigenvalue weighted by Gasteiger charge is -2.07. The second kappa shape index (κ2) is 7.17. The molecule has 0 aliphatic carbocycles. The SMILES string of the molecule is Cc1ccc(Cl)cc1S(=O)(=O)NCC#Cc1ccccc1Cl. The minimum absolute atomic E-state index is 0.0144. The van der Waals surface area contributed by atoms with Gasteiger partial charge in [0.1, 0.15) is 0 Å². The van der Waals surface area contributed by atoms with Crippen molar-refractivity contribution in [3.63, 3.8) is 0 Å². The Kier molecular flexibility index (Phi) is 5.49. The van der Waals surface area contributed by atoms with Gasteiger partial charge in [-0.3, -0.25) is 0 Å². The van der Waals surface area contributed by atoms with Crippen LogP contribution in [0.2, 0.25) is 10.0 Å². The first-order valence-electron chi connectivity index (χ1n) is 6.39. The fourth-order valence-electron chi connectivity index (χ4n) is 1.77. The lowest BCUT2D eigenvalue weighted by molar-refractivity contribution is 0.585. The van der Waals surface area contributed by atoms with Gasteiger partial charge in [0.2, 0.25) is 10.0 Å². The molecular weight excluding hydrogens is 341 g/mol. The van der Waals surface area contributed by atoms with Crippen LogP contribution >= 0.6 is 23.2 Å². The molecule has 0 aliphatic rings. The van der Waals surface area contributed by atoms with E-state index < -0.39 is 10.0 Å². The maximum atomic E-state index is 12.2. The summed E-state index contributed by atoms with van der Waals surface area (Å²) in [6.07, 6.45) is 0. The minimum atomic E-state index is -3.65. The predicted molar refractivity (Wildman–Crippen MR) is 89.7 cm³/mol. The molecule has 0 heterocycles. The molecule has 0 unspecified atom stereocenters. The van der Waals surface area contributed by atoms with Crippen LogP contribution in [0.15, 0.2) is 47.4 Å². The van der Waals surface area contributed by atoms with Gasteiger partial charge in [-0.05, 0) is 36.8 Å². The molecule has 6 heteroatoms. The summed E-state index contributed by atoms with van der Waals surface area (Å²) in [4.78, 5) is 0.152. The van der Waals surface area contributed by atoms with Gasteiger partial charge in [0.25, 0.3) is 0 Å². The predicted octanol–water partition coefficient (Wildman–Crippen LogP) is 3.63. The summed E-state index contributed by atoms with van der Waals surface area (Å²) >= 11 is 11.8. The smallest absolute Gasteiger partial charge is 0.207 e. The van der Waals surface area contributed by atoms with E-state index in [9.17, 15) is 8.42 Å². The van der Waals surface area contributed by atoms with Crippen molar-refractivity contribution >= 4 is 33.2 Å². The van der Waals surface area contributed by atoms with E-state index in [0.29, 0.717) is 21.2 Å². The average Bonchev–Trinajstić information content (AvgIpc) is 2.48. The van der Waals surface area contributed by atoms with E-state index in [1.165, 1.54) is 6.07 Å². The summed E-state index contributed by atoms with van der Waals surface area (Å²) in [6, 6.07) is 11.8. The van der Waals surface area contributed by atoms with E-state index in [4.69, 9.17) is 23.2 Å². The largest absolute Gasteiger partial charge is 0.241 e. The Labute approximate surface area is 140 Å². The summed E-state index contributed by atoms with van der Waals surface area (Å²) in [7, 11) is -3.65. The molecule has 0 atom stereocenters. The third kappa shape index (κ3) is 4.25. The maximum absolute atomic E-state index is 12.2. The summed E-state index contributed by atoms with van der Waals surface area (Å²) in [5.41, 5.74) is 1.28. The van der Waals surface area contributed by atoms with Gasteiger partial charge in [-0.1, -0.05) is 53.2 Å². The Balaban J connectivity index is 2.12. The van der Waals surface area contributed by atoms with Gasteiger partial charge < -0.3 is 0 Å². The highest BCUT2D eigenvalue weighted by Crippen LogP contribution is 2.19. The van der Waals surface area contributed by atoms with E-state index in [2.05, 4.69) is 16.6 Å². The van der Waals surface area contributed by atoms with Gasteiger partial charge >= 0.3 is 0 Å². The molecule has 0 bridgehead atoms. The van der Waals surface area contributed by atoms with Gasteiger partial charge in [0, 0.05) is 10.6 Å². The zero-order valence-corrected chi connectivity index (χ0v) is 14.1. The first-order chi connectivity index (χ1) is 10.4. The lowest BCUT2D eigenvalue weighted by Crippen LogP contribution is -2.24. The van der Waals surface area contributed by atoms with Gasteiger partial charge in [-0.2, -0.15) is 4.72 Å². The quantitative estimate of drug-likeness (QED) is 0.856. The second-order valence-corrected chi connectivity index (χ2v) is 7.10. The molecule has 2 aromatic carbocycles. The first-order valence-corrected chi connectivity index (χ1v) is 8.63. The molecule has 1 N–H and O–H groups in total. The van der Waals surface area contributed by atoms with Crippen LogP contribution in [0.5, 0.6) is 0 Å². The number of halogens is 2.